The van der Waals surface area contributed by atoms with Crippen LogP contribution in [-0.4, -0.2) is 43.2 Å². The lowest BCUT2D eigenvalue weighted by Crippen LogP contribution is -2.25. The molecule has 34 heavy (non-hydrogen) atoms. The van der Waals surface area contributed by atoms with Crippen LogP contribution in [0.4, 0.5) is 17.2 Å². The number of aromatic amines is 1. The molecular formula is C26H30N6O2. The lowest BCUT2D eigenvalue weighted by atomic mass is 9.82. The number of hydrogen-bond donors (Lipinski definition) is 3. The third kappa shape index (κ3) is 4.66. The highest BCUT2D eigenvalue weighted by atomic mass is 16.5. The smallest absolute Gasteiger partial charge is 0.338 e. The molecule has 1 aliphatic rings. The van der Waals surface area contributed by atoms with Crippen molar-refractivity contribution in [3.8, 4) is 0 Å². The predicted molar refractivity (Wildman–Crippen MR) is 137 cm³/mol. The molecule has 3 aromatic rings. The number of aliphatic imine (C=N–C) groups is 1. The Kier molecular flexibility index (Phi) is 6.67. The van der Waals surface area contributed by atoms with Gasteiger partial charge in [-0.25, -0.2) is 9.79 Å². The molecule has 0 aliphatic carbocycles. The van der Waals surface area contributed by atoms with Gasteiger partial charge in [0.2, 0.25) is 0 Å². The first-order chi connectivity index (χ1) is 16.4. The summed E-state index contributed by atoms with van der Waals surface area (Å²) in [5.41, 5.74) is 6.34. The molecule has 1 unspecified atom stereocenters. The van der Waals surface area contributed by atoms with Crippen molar-refractivity contribution in [1.29, 1.82) is 0 Å². The normalized spacial score (nSPS) is 15.1. The van der Waals surface area contributed by atoms with Crippen LogP contribution in [0.25, 0.3) is 0 Å². The van der Waals surface area contributed by atoms with E-state index in [4.69, 9.17) is 4.74 Å². The van der Waals surface area contributed by atoms with Crippen LogP contribution in [0.2, 0.25) is 0 Å². The molecule has 1 aliphatic heterocycles. The molecule has 8 nitrogen and oxygen atoms in total. The fourth-order valence-electron chi connectivity index (χ4n) is 3.99. The maximum atomic E-state index is 13.2. The summed E-state index contributed by atoms with van der Waals surface area (Å²) in [6, 6.07) is 16.1. The number of fused-ring (bicyclic) bond motifs is 1. The molecule has 4 rings (SSSR count). The van der Waals surface area contributed by atoms with E-state index in [1.807, 2.05) is 81.4 Å². The average Bonchev–Trinajstić information content (AvgIpc) is 3.20. The van der Waals surface area contributed by atoms with Crippen molar-refractivity contribution in [3.63, 3.8) is 0 Å². The molecule has 2 heterocycles. The third-order valence-electron chi connectivity index (χ3n) is 5.78. The first-order valence-electron chi connectivity index (χ1n) is 11.2. The number of rotatable bonds is 7. The largest absolute Gasteiger partial charge is 0.463 e. The van der Waals surface area contributed by atoms with Gasteiger partial charge in [0.1, 0.15) is 5.82 Å². The lowest BCUT2D eigenvalue weighted by Gasteiger charge is -2.27. The number of esters is 1. The van der Waals surface area contributed by atoms with E-state index in [0.717, 1.165) is 28.2 Å². The van der Waals surface area contributed by atoms with Crippen LogP contribution in [0.15, 0.2) is 64.9 Å². The highest BCUT2D eigenvalue weighted by molar-refractivity contribution is 5.95. The van der Waals surface area contributed by atoms with Crippen LogP contribution >= 0.6 is 0 Å². The molecule has 1 aromatic heterocycles. The molecule has 0 bridgehead atoms. The van der Waals surface area contributed by atoms with Crippen LogP contribution in [0.5, 0.6) is 0 Å². The van der Waals surface area contributed by atoms with Gasteiger partial charge in [-0.15, -0.1) is 0 Å². The van der Waals surface area contributed by atoms with Crippen molar-refractivity contribution in [2.24, 2.45) is 4.99 Å². The molecule has 0 radical (unpaired) electrons. The molecule has 0 saturated carbocycles. The summed E-state index contributed by atoms with van der Waals surface area (Å²) in [6.07, 6.45) is 1.57. The molecule has 0 amide bonds. The molecular weight excluding hydrogens is 428 g/mol. The van der Waals surface area contributed by atoms with E-state index in [0.29, 0.717) is 17.2 Å². The fraction of sp³-hybridized carbons (Fsp3) is 0.269. The van der Waals surface area contributed by atoms with Gasteiger partial charge in [0, 0.05) is 36.7 Å². The third-order valence-corrected chi connectivity index (χ3v) is 5.78. The van der Waals surface area contributed by atoms with Gasteiger partial charge < -0.3 is 20.3 Å². The second-order valence-corrected chi connectivity index (χ2v) is 8.41. The summed E-state index contributed by atoms with van der Waals surface area (Å²) in [5.74, 6) is 0.260. The van der Waals surface area contributed by atoms with Gasteiger partial charge in [0.15, 0.2) is 5.82 Å². The maximum Gasteiger partial charge on any atom is 0.338 e. The average molecular weight is 459 g/mol. The SMILES string of the molecule is CCOC(=O)C1=C(N=CNc2ccc(C)cc2)Nc2n[nH]c(C)c2C1c1ccc(N(C)C)cc1. The van der Waals surface area contributed by atoms with Gasteiger partial charge in [-0.3, -0.25) is 5.10 Å². The minimum absolute atomic E-state index is 0.268. The number of carbonyl (C=O) groups excluding carboxylic acids is 1. The zero-order chi connectivity index (χ0) is 24.2. The molecule has 0 spiro atoms. The highest BCUT2D eigenvalue weighted by Crippen LogP contribution is 2.43. The molecule has 0 saturated heterocycles. The monoisotopic (exact) mass is 458 g/mol. The van der Waals surface area contributed by atoms with Gasteiger partial charge in [0.25, 0.3) is 0 Å². The summed E-state index contributed by atoms with van der Waals surface area (Å²) >= 11 is 0. The van der Waals surface area contributed by atoms with E-state index in [1.165, 1.54) is 5.56 Å². The van der Waals surface area contributed by atoms with Gasteiger partial charge >= 0.3 is 5.97 Å². The Morgan fingerprint density at radius 3 is 2.50 bits per heavy atom. The minimum Gasteiger partial charge on any atom is -0.463 e. The zero-order valence-corrected chi connectivity index (χ0v) is 20.1. The number of carbonyl (C=O) groups is 1. The van der Waals surface area contributed by atoms with Crippen LogP contribution in [-0.2, 0) is 9.53 Å². The fourth-order valence-corrected chi connectivity index (χ4v) is 3.99. The Morgan fingerprint density at radius 1 is 1.15 bits per heavy atom. The second-order valence-electron chi connectivity index (χ2n) is 8.41. The summed E-state index contributed by atoms with van der Waals surface area (Å²) < 4.78 is 5.46. The quantitative estimate of drug-likeness (QED) is 0.273. The minimum atomic E-state index is -0.412. The van der Waals surface area contributed by atoms with Crippen molar-refractivity contribution < 1.29 is 9.53 Å². The van der Waals surface area contributed by atoms with Crippen LogP contribution in [0, 0.1) is 13.8 Å². The summed E-state index contributed by atoms with van der Waals surface area (Å²) in [4.78, 5) is 19.8. The number of aryl methyl sites for hydroxylation is 2. The lowest BCUT2D eigenvalue weighted by molar-refractivity contribution is -0.138. The summed E-state index contributed by atoms with van der Waals surface area (Å²) in [5, 5.41) is 13.8. The van der Waals surface area contributed by atoms with Gasteiger partial charge in [0.05, 0.1) is 24.4 Å². The number of benzene rings is 2. The molecule has 176 valence electrons. The Labute approximate surface area is 199 Å². The van der Waals surface area contributed by atoms with E-state index < -0.39 is 5.97 Å². The standard InChI is InChI=1S/C26H30N6O2/c1-6-34-26(33)23-22(18-9-13-20(14-10-18)32(4)5)21-17(3)30-31-25(21)29-24(23)28-15-27-19-11-7-16(2)8-12-19/h7-15,22H,6H2,1-5H3,(H,27,28)(H2,29,30,31). The zero-order valence-electron chi connectivity index (χ0n) is 20.1. The Hall–Kier alpha value is -4.07. The van der Waals surface area contributed by atoms with Crippen LogP contribution < -0.4 is 15.5 Å². The number of hydrogen-bond acceptors (Lipinski definition) is 6. The van der Waals surface area contributed by atoms with Crippen molar-refractivity contribution in [3.05, 3.63) is 82.3 Å². The highest BCUT2D eigenvalue weighted by Gasteiger charge is 2.37. The van der Waals surface area contributed by atoms with Gasteiger partial charge in [-0.2, -0.15) is 5.10 Å². The second kappa shape index (κ2) is 9.82. The molecule has 0 fully saturated rings. The Balaban J connectivity index is 1.78. The number of nitrogens with one attached hydrogen (secondary N) is 3. The number of anilines is 3. The van der Waals surface area contributed by atoms with Crippen molar-refractivity contribution in [2.45, 2.75) is 26.7 Å². The first kappa shape index (κ1) is 23.1. The number of nitrogens with zero attached hydrogens (tertiary/aromatic N) is 3. The van der Waals surface area contributed by atoms with E-state index in [1.54, 1.807) is 13.3 Å². The van der Waals surface area contributed by atoms with Crippen molar-refractivity contribution >= 4 is 29.5 Å². The predicted octanol–water partition coefficient (Wildman–Crippen LogP) is 4.57. The molecule has 3 N–H and O–H groups in total. The Bertz CT molecular complexity index is 1220. The topological polar surface area (TPSA) is 94.6 Å². The van der Waals surface area contributed by atoms with Crippen LogP contribution in [0.1, 0.15) is 35.2 Å². The molecule has 1 atom stereocenters. The Morgan fingerprint density at radius 2 is 1.85 bits per heavy atom. The summed E-state index contributed by atoms with van der Waals surface area (Å²) in [7, 11) is 3.99. The van der Waals surface area contributed by atoms with E-state index in [2.05, 4.69) is 25.8 Å². The van der Waals surface area contributed by atoms with Gasteiger partial charge in [-0.05, 0) is 50.6 Å². The van der Waals surface area contributed by atoms with Crippen molar-refractivity contribution in [2.75, 3.05) is 36.2 Å². The van der Waals surface area contributed by atoms with Crippen LogP contribution in [0.3, 0.4) is 0 Å². The number of H-pyrrole nitrogens is 1. The molecule has 8 heteroatoms. The number of ether oxygens (including phenoxy) is 1. The number of aromatic nitrogens is 2. The first-order valence-corrected chi connectivity index (χ1v) is 11.2. The maximum absolute atomic E-state index is 13.2. The van der Waals surface area contributed by atoms with Gasteiger partial charge in [-0.1, -0.05) is 29.8 Å². The summed E-state index contributed by atoms with van der Waals surface area (Å²) in [6.45, 7) is 6.05. The van der Waals surface area contributed by atoms with Crippen molar-refractivity contribution in [1.82, 2.24) is 10.2 Å². The van der Waals surface area contributed by atoms with E-state index >= 15 is 0 Å². The van der Waals surface area contributed by atoms with E-state index in [-0.39, 0.29) is 12.5 Å². The van der Waals surface area contributed by atoms with E-state index in [9.17, 15) is 4.79 Å². The molecule has 2 aromatic carbocycles.